The fraction of sp³-hybridized carbons (Fsp3) is 0.562. The number of thioether (sulfide) groups is 1. The molecule has 1 unspecified atom stereocenters. The minimum absolute atomic E-state index is 0.0232. The summed E-state index contributed by atoms with van der Waals surface area (Å²) in [6.07, 6.45) is 2.14. The van der Waals surface area contributed by atoms with Crippen LogP contribution >= 0.6 is 11.8 Å². The average molecular weight is 292 g/mol. The van der Waals surface area contributed by atoms with Crippen LogP contribution in [0.1, 0.15) is 25.3 Å². The molecule has 0 radical (unpaired) electrons. The molecule has 1 aliphatic rings. The maximum Gasteiger partial charge on any atom is 0.235 e. The first-order valence-electron chi connectivity index (χ1n) is 7.31. The second-order valence-corrected chi connectivity index (χ2v) is 6.70. The molecule has 1 heterocycles. The van der Waals surface area contributed by atoms with Gasteiger partial charge in [-0.15, -0.1) is 11.8 Å². The van der Waals surface area contributed by atoms with Crippen molar-refractivity contribution in [2.75, 3.05) is 20.1 Å². The van der Waals surface area contributed by atoms with Gasteiger partial charge in [-0.1, -0.05) is 30.3 Å². The zero-order valence-electron chi connectivity index (χ0n) is 12.3. The summed E-state index contributed by atoms with van der Waals surface area (Å²) in [5.74, 6) is 1.16. The molecule has 0 aromatic heterocycles. The fourth-order valence-electron chi connectivity index (χ4n) is 2.53. The highest BCUT2D eigenvalue weighted by Crippen LogP contribution is 2.21. The predicted molar refractivity (Wildman–Crippen MR) is 85.9 cm³/mol. The third-order valence-electron chi connectivity index (χ3n) is 3.89. The van der Waals surface area contributed by atoms with Crippen molar-refractivity contribution in [3.8, 4) is 0 Å². The van der Waals surface area contributed by atoms with Gasteiger partial charge in [0.05, 0.1) is 5.25 Å². The van der Waals surface area contributed by atoms with E-state index in [9.17, 15) is 4.79 Å². The quantitative estimate of drug-likeness (QED) is 0.905. The van der Waals surface area contributed by atoms with Crippen molar-refractivity contribution in [1.82, 2.24) is 10.2 Å². The van der Waals surface area contributed by atoms with E-state index in [0.29, 0.717) is 6.04 Å². The van der Waals surface area contributed by atoms with Gasteiger partial charge < -0.3 is 10.2 Å². The predicted octanol–water partition coefficient (Wildman–Crippen LogP) is 2.52. The monoisotopic (exact) mass is 292 g/mol. The Hall–Kier alpha value is -1.00. The van der Waals surface area contributed by atoms with Crippen LogP contribution in [-0.2, 0) is 10.5 Å². The molecule has 110 valence electrons. The van der Waals surface area contributed by atoms with Gasteiger partial charge in [-0.3, -0.25) is 4.79 Å². The summed E-state index contributed by atoms with van der Waals surface area (Å²) in [5, 5.41) is 3.36. The zero-order chi connectivity index (χ0) is 14.4. The minimum Gasteiger partial charge on any atom is -0.342 e. The molecule has 4 heteroatoms. The number of carbonyl (C=O) groups is 1. The van der Waals surface area contributed by atoms with Crippen LogP contribution in [0.2, 0.25) is 0 Å². The summed E-state index contributed by atoms with van der Waals surface area (Å²) >= 11 is 1.72. The van der Waals surface area contributed by atoms with Gasteiger partial charge >= 0.3 is 0 Å². The Labute approximate surface area is 126 Å². The maximum atomic E-state index is 12.4. The van der Waals surface area contributed by atoms with Crippen LogP contribution < -0.4 is 5.32 Å². The lowest BCUT2D eigenvalue weighted by molar-refractivity contribution is -0.131. The lowest BCUT2D eigenvalue weighted by atomic mass is 10.1. The van der Waals surface area contributed by atoms with E-state index in [1.54, 1.807) is 11.8 Å². The van der Waals surface area contributed by atoms with Crippen LogP contribution in [-0.4, -0.2) is 42.2 Å². The summed E-state index contributed by atoms with van der Waals surface area (Å²) in [6, 6.07) is 10.7. The Morgan fingerprint density at radius 2 is 2.00 bits per heavy atom. The minimum atomic E-state index is 0.0232. The van der Waals surface area contributed by atoms with Gasteiger partial charge in [-0.2, -0.15) is 0 Å². The average Bonchev–Trinajstić information content (AvgIpc) is 2.53. The molecule has 1 atom stereocenters. The van der Waals surface area contributed by atoms with Gasteiger partial charge in [0.2, 0.25) is 5.91 Å². The standard InChI is InChI=1S/C16H24N2OS/c1-13(20-12-14-6-4-3-5-7-14)16(19)18(2)15-8-10-17-11-9-15/h3-7,13,15,17H,8-12H2,1-2H3. The lowest BCUT2D eigenvalue weighted by Crippen LogP contribution is -2.46. The number of hydrogen-bond donors (Lipinski definition) is 1. The van der Waals surface area contributed by atoms with E-state index in [-0.39, 0.29) is 11.2 Å². The summed E-state index contributed by atoms with van der Waals surface area (Å²) in [4.78, 5) is 14.4. The van der Waals surface area contributed by atoms with Gasteiger partial charge in [0.25, 0.3) is 0 Å². The second kappa shape index (κ2) is 7.70. The summed E-state index contributed by atoms with van der Waals surface area (Å²) in [7, 11) is 1.96. The number of carbonyl (C=O) groups excluding carboxylic acids is 1. The molecule has 1 aromatic carbocycles. The number of amides is 1. The number of piperidine rings is 1. The van der Waals surface area contributed by atoms with Crippen molar-refractivity contribution in [2.45, 2.75) is 36.8 Å². The maximum absolute atomic E-state index is 12.4. The number of rotatable bonds is 5. The molecule has 2 rings (SSSR count). The van der Waals surface area contributed by atoms with Crippen LogP contribution in [0.15, 0.2) is 30.3 Å². The lowest BCUT2D eigenvalue weighted by Gasteiger charge is -2.33. The Morgan fingerprint density at radius 1 is 1.35 bits per heavy atom. The number of hydrogen-bond acceptors (Lipinski definition) is 3. The Bertz CT molecular complexity index is 418. The molecule has 1 fully saturated rings. The largest absolute Gasteiger partial charge is 0.342 e. The highest BCUT2D eigenvalue weighted by molar-refractivity contribution is 7.99. The third kappa shape index (κ3) is 4.25. The molecule has 0 bridgehead atoms. The van der Waals surface area contributed by atoms with E-state index in [0.717, 1.165) is 31.7 Å². The second-order valence-electron chi connectivity index (χ2n) is 5.37. The fourth-order valence-corrected chi connectivity index (χ4v) is 3.47. The van der Waals surface area contributed by atoms with Gasteiger partial charge in [-0.05, 0) is 38.4 Å². The molecule has 0 aliphatic carbocycles. The number of nitrogens with zero attached hydrogens (tertiary/aromatic N) is 1. The van der Waals surface area contributed by atoms with Crippen LogP contribution in [0.25, 0.3) is 0 Å². The van der Waals surface area contributed by atoms with Crippen LogP contribution in [0.4, 0.5) is 0 Å². The van der Waals surface area contributed by atoms with Crippen molar-refractivity contribution in [3.63, 3.8) is 0 Å². The molecule has 1 aliphatic heterocycles. The van der Waals surface area contributed by atoms with Crippen molar-refractivity contribution in [1.29, 1.82) is 0 Å². The normalized spacial score (nSPS) is 17.7. The smallest absolute Gasteiger partial charge is 0.235 e. The van der Waals surface area contributed by atoms with Crippen molar-refractivity contribution >= 4 is 17.7 Å². The molecule has 1 aromatic rings. The molecule has 1 saturated heterocycles. The van der Waals surface area contributed by atoms with Crippen LogP contribution in [0.3, 0.4) is 0 Å². The molecule has 0 spiro atoms. The molecule has 20 heavy (non-hydrogen) atoms. The first-order chi connectivity index (χ1) is 9.68. The summed E-state index contributed by atoms with van der Waals surface area (Å²) in [6.45, 7) is 4.06. The van der Waals surface area contributed by atoms with Gasteiger partial charge in [0.15, 0.2) is 0 Å². The Kier molecular flexibility index (Phi) is 5.92. The van der Waals surface area contributed by atoms with E-state index in [1.165, 1.54) is 5.56 Å². The van der Waals surface area contributed by atoms with Gasteiger partial charge in [-0.25, -0.2) is 0 Å². The Morgan fingerprint density at radius 3 is 2.65 bits per heavy atom. The van der Waals surface area contributed by atoms with Crippen LogP contribution in [0, 0.1) is 0 Å². The molecule has 1 N–H and O–H groups in total. The molecule has 1 amide bonds. The van der Waals surface area contributed by atoms with Gasteiger partial charge in [0.1, 0.15) is 0 Å². The summed E-state index contributed by atoms with van der Waals surface area (Å²) in [5.41, 5.74) is 1.28. The van der Waals surface area contributed by atoms with E-state index < -0.39 is 0 Å². The number of benzene rings is 1. The van der Waals surface area contributed by atoms with E-state index >= 15 is 0 Å². The van der Waals surface area contributed by atoms with E-state index in [2.05, 4.69) is 17.4 Å². The molecular formula is C16H24N2OS. The first-order valence-corrected chi connectivity index (χ1v) is 8.36. The zero-order valence-corrected chi connectivity index (χ0v) is 13.2. The van der Waals surface area contributed by atoms with Crippen molar-refractivity contribution in [3.05, 3.63) is 35.9 Å². The van der Waals surface area contributed by atoms with E-state index in [1.807, 2.05) is 37.1 Å². The molecule has 0 saturated carbocycles. The molecular weight excluding hydrogens is 268 g/mol. The highest BCUT2D eigenvalue weighted by atomic mass is 32.2. The third-order valence-corrected chi connectivity index (χ3v) is 5.10. The summed E-state index contributed by atoms with van der Waals surface area (Å²) < 4.78 is 0. The van der Waals surface area contributed by atoms with Crippen LogP contribution in [0.5, 0.6) is 0 Å². The van der Waals surface area contributed by atoms with Crippen molar-refractivity contribution < 1.29 is 4.79 Å². The molecule has 3 nitrogen and oxygen atoms in total. The highest BCUT2D eigenvalue weighted by Gasteiger charge is 2.25. The van der Waals surface area contributed by atoms with Gasteiger partial charge in [0, 0.05) is 18.8 Å². The number of nitrogens with one attached hydrogen (secondary N) is 1. The van der Waals surface area contributed by atoms with E-state index in [4.69, 9.17) is 0 Å². The SMILES string of the molecule is CC(SCc1ccccc1)C(=O)N(C)C1CCNCC1. The van der Waals surface area contributed by atoms with Crippen molar-refractivity contribution in [2.24, 2.45) is 0 Å². The Balaban J connectivity index is 1.81. The first kappa shape index (κ1) is 15.4. The topological polar surface area (TPSA) is 32.3 Å².